The number of carbonyl (C=O) groups excluding carboxylic acids is 2. The van der Waals surface area contributed by atoms with Gasteiger partial charge in [0.15, 0.2) is 0 Å². The molecule has 1 aromatic heterocycles. The molecule has 0 atom stereocenters. The summed E-state index contributed by atoms with van der Waals surface area (Å²) >= 11 is 1.47. The molecular formula is C11H10N2O3S. The fourth-order valence-corrected chi connectivity index (χ4v) is 2.04. The van der Waals surface area contributed by atoms with Gasteiger partial charge in [0.1, 0.15) is 6.54 Å². The van der Waals surface area contributed by atoms with Gasteiger partial charge < -0.3 is 10.1 Å². The maximum absolute atomic E-state index is 11.7. The normalized spacial score (nSPS) is 10.2. The fourth-order valence-electron chi connectivity index (χ4n) is 1.32. The van der Waals surface area contributed by atoms with Crippen molar-refractivity contribution in [1.82, 2.24) is 10.3 Å². The monoisotopic (exact) mass is 250 g/mol. The Bertz CT molecular complexity index is 565. The Labute approximate surface area is 101 Å². The second kappa shape index (κ2) is 4.92. The number of hydrogen-bond donors (Lipinski definition) is 1. The zero-order valence-electron chi connectivity index (χ0n) is 9.10. The van der Waals surface area contributed by atoms with Gasteiger partial charge in [-0.2, -0.15) is 0 Å². The molecule has 0 unspecified atom stereocenters. The zero-order chi connectivity index (χ0) is 12.3. The van der Waals surface area contributed by atoms with Crippen molar-refractivity contribution in [2.75, 3.05) is 13.7 Å². The molecule has 0 radical (unpaired) electrons. The highest BCUT2D eigenvalue weighted by Gasteiger charge is 2.09. The van der Waals surface area contributed by atoms with Crippen molar-refractivity contribution >= 4 is 33.4 Å². The van der Waals surface area contributed by atoms with E-state index < -0.39 is 5.97 Å². The first-order chi connectivity index (χ1) is 8.20. The van der Waals surface area contributed by atoms with E-state index in [1.54, 1.807) is 23.7 Å². The molecule has 1 heterocycles. The molecule has 0 spiro atoms. The molecule has 1 N–H and O–H groups in total. The predicted octanol–water partition coefficient (Wildman–Crippen LogP) is 1.20. The summed E-state index contributed by atoms with van der Waals surface area (Å²) in [6.07, 6.45) is 0. The average molecular weight is 250 g/mol. The van der Waals surface area contributed by atoms with Crippen molar-refractivity contribution in [2.24, 2.45) is 0 Å². The molecule has 2 rings (SSSR count). The van der Waals surface area contributed by atoms with Crippen LogP contribution >= 0.6 is 11.3 Å². The number of hydrogen-bond acceptors (Lipinski definition) is 5. The molecule has 2 aromatic rings. The molecule has 17 heavy (non-hydrogen) atoms. The molecule has 0 saturated carbocycles. The number of esters is 1. The maximum Gasteiger partial charge on any atom is 0.325 e. The number of ether oxygens (including phenoxy) is 1. The van der Waals surface area contributed by atoms with E-state index in [4.69, 9.17) is 0 Å². The van der Waals surface area contributed by atoms with Gasteiger partial charge in [-0.15, -0.1) is 11.3 Å². The Kier molecular flexibility index (Phi) is 3.34. The van der Waals surface area contributed by atoms with Crippen LogP contribution in [-0.4, -0.2) is 30.5 Å². The summed E-state index contributed by atoms with van der Waals surface area (Å²) in [6, 6.07) is 5.20. The Morgan fingerprint density at radius 2 is 2.29 bits per heavy atom. The molecule has 5 nitrogen and oxygen atoms in total. The number of aromatic nitrogens is 1. The van der Waals surface area contributed by atoms with Gasteiger partial charge in [-0.1, -0.05) is 0 Å². The number of carbonyl (C=O) groups is 2. The third kappa shape index (κ3) is 2.59. The summed E-state index contributed by atoms with van der Waals surface area (Å²) < 4.78 is 5.37. The summed E-state index contributed by atoms with van der Waals surface area (Å²) in [7, 11) is 1.28. The molecule has 0 bridgehead atoms. The standard InChI is InChI=1S/C11H10N2O3S/c1-16-10(14)5-12-11(15)7-2-3-8-9(4-7)17-6-13-8/h2-4,6H,5H2,1H3,(H,12,15). The lowest BCUT2D eigenvalue weighted by molar-refractivity contribution is -0.139. The molecule has 0 fully saturated rings. The first-order valence-corrected chi connectivity index (χ1v) is 5.77. The van der Waals surface area contributed by atoms with E-state index in [1.165, 1.54) is 18.4 Å². The van der Waals surface area contributed by atoms with E-state index in [9.17, 15) is 9.59 Å². The Morgan fingerprint density at radius 1 is 1.47 bits per heavy atom. The quantitative estimate of drug-likeness (QED) is 0.831. The fraction of sp³-hybridized carbons (Fsp3) is 0.182. The van der Waals surface area contributed by atoms with Crippen LogP contribution < -0.4 is 5.32 Å². The molecule has 0 aliphatic heterocycles. The van der Waals surface area contributed by atoms with E-state index in [2.05, 4.69) is 15.0 Å². The molecule has 0 saturated heterocycles. The van der Waals surface area contributed by atoms with Crippen LogP contribution in [0.15, 0.2) is 23.7 Å². The first kappa shape index (κ1) is 11.5. The topological polar surface area (TPSA) is 68.3 Å². The van der Waals surface area contributed by atoms with Gasteiger partial charge in [-0.3, -0.25) is 9.59 Å². The summed E-state index contributed by atoms with van der Waals surface area (Å²) in [6.45, 7) is -0.129. The predicted molar refractivity (Wildman–Crippen MR) is 64.0 cm³/mol. The SMILES string of the molecule is COC(=O)CNC(=O)c1ccc2ncsc2c1. The van der Waals surface area contributed by atoms with Crippen LogP contribution in [0.1, 0.15) is 10.4 Å². The van der Waals surface area contributed by atoms with Gasteiger partial charge in [-0.25, -0.2) is 4.98 Å². The number of fused-ring (bicyclic) bond motifs is 1. The van der Waals surface area contributed by atoms with E-state index in [1.807, 2.05) is 0 Å². The molecule has 0 aliphatic rings. The summed E-state index contributed by atoms with van der Waals surface area (Å²) in [5, 5.41) is 2.48. The zero-order valence-corrected chi connectivity index (χ0v) is 9.91. The third-order valence-corrected chi connectivity index (χ3v) is 3.01. The van der Waals surface area contributed by atoms with Gasteiger partial charge in [0, 0.05) is 5.56 Å². The van der Waals surface area contributed by atoms with Gasteiger partial charge >= 0.3 is 5.97 Å². The number of thiazole rings is 1. The van der Waals surface area contributed by atoms with Crippen LogP contribution in [0.4, 0.5) is 0 Å². The van der Waals surface area contributed by atoms with Crippen molar-refractivity contribution in [3.05, 3.63) is 29.3 Å². The van der Waals surface area contributed by atoms with E-state index in [0.717, 1.165) is 10.2 Å². The number of nitrogens with one attached hydrogen (secondary N) is 1. The summed E-state index contributed by atoms with van der Waals surface area (Å²) in [5.74, 6) is -0.775. The van der Waals surface area contributed by atoms with Gasteiger partial charge in [0.2, 0.25) is 0 Å². The number of rotatable bonds is 3. The minimum atomic E-state index is -0.475. The highest BCUT2D eigenvalue weighted by molar-refractivity contribution is 7.16. The third-order valence-electron chi connectivity index (χ3n) is 2.21. The average Bonchev–Trinajstić information content (AvgIpc) is 2.82. The molecule has 6 heteroatoms. The van der Waals surface area contributed by atoms with E-state index in [-0.39, 0.29) is 12.5 Å². The smallest absolute Gasteiger partial charge is 0.325 e. The van der Waals surface area contributed by atoms with Gasteiger partial charge in [0.25, 0.3) is 5.91 Å². The summed E-state index contributed by atoms with van der Waals surface area (Å²) in [5.41, 5.74) is 3.09. The van der Waals surface area contributed by atoms with Crippen LogP contribution in [-0.2, 0) is 9.53 Å². The summed E-state index contributed by atoms with van der Waals surface area (Å²) in [4.78, 5) is 26.7. The minimum Gasteiger partial charge on any atom is -0.468 e. The maximum atomic E-state index is 11.7. The van der Waals surface area contributed by atoms with Crippen molar-refractivity contribution in [3.63, 3.8) is 0 Å². The lowest BCUT2D eigenvalue weighted by Gasteiger charge is -2.03. The largest absolute Gasteiger partial charge is 0.468 e. The van der Waals surface area contributed by atoms with Crippen LogP contribution in [0, 0.1) is 0 Å². The van der Waals surface area contributed by atoms with Gasteiger partial charge in [-0.05, 0) is 18.2 Å². The highest BCUT2D eigenvalue weighted by Crippen LogP contribution is 2.18. The van der Waals surface area contributed by atoms with Crippen molar-refractivity contribution in [1.29, 1.82) is 0 Å². The Hall–Kier alpha value is -1.95. The first-order valence-electron chi connectivity index (χ1n) is 4.89. The number of methoxy groups -OCH3 is 1. The minimum absolute atomic E-state index is 0.129. The molecule has 1 aromatic carbocycles. The van der Waals surface area contributed by atoms with Crippen LogP contribution in [0.2, 0.25) is 0 Å². The van der Waals surface area contributed by atoms with Gasteiger partial charge in [0.05, 0.1) is 22.8 Å². The molecular weight excluding hydrogens is 240 g/mol. The molecule has 0 aliphatic carbocycles. The second-order valence-corrected chi connectivity index (χ2v) is 4.18. The van der Waals surface area contributed by atoms with Crippen molar-refractivity contribution < 1.29 is 14.3 Å². The van der Waals surface area contributed by atoms with E-state index >= 15 is 0 Å². The number of amides is 1. The molecule has 88 valence electrons. The highest BCUT2D eigenvalue weighted by atomic mass is 32.1. The number of nitrogens with zero attached hydrogens (tertiary/aromatic N) is 1. The second-order valence-electron chi connectivity index (χ2n) is 3.29. The van der Waals surface area contributed by atoms with Crippen LogP contribution in [0.3, 0.4) is 0 Å². The Balaban J connectivity index is 2.10. The van der Waals surface area contributed by atoms with Crippen molar-refractivity contribution in [3.8, 4) is 0 Å². The van der Waals surface area contributed by atoms with E-state index in [0.29, 0.717) is 5.56 Å². The Morgan fingerprint density at radius 3 is 3.06 bits per heavy atom. The van der Waals surface area contributed by atoms with Crippen LogP contribution in [0.25, 0.3) is 10.2 Å². The van der Waals surface area contributed by atoms with Crippen LogP contribution in [0.5, 0.6) is 0 Å². The number of benzene rings is 1. The van der Waals surface area contributed by atoms with Crippen molar-refractivity contribution in [2.45, 2.75) is 0 Å². The lowest BCUT2D eigenvalue weighted by Crippen LogP contribution is -2.30. The lowest BCUT2D eigenvalue weighted by atomic mass is 10.2. The molecule has 1 amide bonds.